The van der Waals surface area contributed by atoms with Crippen LogP contribution < -0.4 is 0 Å². The first-order chi connectivity index (χ1) is 9.04. The molecule has 0 N–H and O–H groups in total. The maximum absolute atomic E-state index is 12.4. The average Bonchev–Trinajstić information content (AvgIpc) is 2.38. The van der Waals surface area contributed by atoms with E-state index in [1.807, 2.05) is 12.1 Å². The van der Waals surface area contributed by atoms with Gasteiger partial charge in [-0.3, -0.25) is 4.79 Å². The minimum atomic E-state index is 0.00884. The molecule has 1 aromatic rings. The van der Waals surface area contributed by atoms with Gasteiger partial charge in [0.05, 0.1) is 0 Å². The van der Waals surface area contributed by atoms with Crippen LogP contribution >= 0.6 is 15.9 Å². The van der Waals surface area contributed by atoms with Gasteiger partial charge in [0.1, 0.15) is 5.78 Å². The molecule has 1 atom stereocenters. The monoisotopic (exact) mass is 322 g/mol. The zero-order valence-electron chi connectivity index (χ0n) is 12.1. The summed E-state index contributed by atoms with van der Waals surface area (Å²) in [6.45, 7) is 6.28. The number of Topliss-reactive ketones (excluding diaryl/α,β-unsaturated/α-hetero) is 1. The lowest BCUT2D eigenvalue weighted by Gasteiger charge is -2.15. The van der Waals surface area contributed by atoms with Crippen molar-refractivity contribution in [2.75, 3.05) is 0 Å². The summed E-state index contributed by atoms with van der Waals surface area (Å²) in [6, 6.07) is 8.13. The molecule has 2 heteroatoms. The van der Waals surface area contributed by atoms with E-state index in [4.69, 9.17) is 0 Å². The van der Waals surface area contributed by atoms with E-state index in [9.17, 15) is 4.79 Å². The van der Waals surface area contributed by atoms with Crippen molar-refractivity contribution in [1.82, 2.24) is 0 Å². The molecule has 0 aromatic heterocycles. The fourth-order valence-corrected chi connectivity index (χ4v) is 2.29. The summed E-state index contributed by atoms with van der Waals surface area (Å²) in [5.41, 5.74) is 2.40. The van der Waals surface area contributed by atoms with Crippen molar-refractivity contribution in [2.24, 2.45) is 0 Å². The fraction of sp³-hybridized carbons (Fsp3) is 0.471. The predicted molar refractivity (Wildman–Crippen MR) is 85.5 cm³/mol. The lowest BCUT2D eigenvalue weighted by atomic mass is 9.88. The first-order valence-corrected chi connectivity index (χ1v) is 7.75. The first-order valence-electron chi connectivity index (χ1n) is 6.96. The molecule has 19 heavy (non-hydrogen) atoms. The van der Waals surface area contributed by atoms with Crippen molar-refractivity contribution in [3.63, 3.8) is 0 Å². The van der Waals surface area contributed by atoms with E-state index in [2.05, 4.69) is 54.9 Å². The van der Waals surface area contributed by atoms with Crippen LogP contribution in [0.15, 0.2) is 40.4 Å². The Kier molecular flexibility index (Phi) is 7.07. The summed E-state index contributed by atoms with van der Waals surface area (Å²) >= 11 is 3.44. The van der Waals surface area contributed by atoms with Gasteiger partial charge in [-0.15, -0.1) is 0 Å². The zero-order valence-corrected chi connectivity index (χ0v) is 13.7. The molecule has 0 radical (unpaired) electrons. The number of ketones is 1. The summed E-state index contributed by atoms with van der Waals surface area (Å²) in [4.78, 5) is 12.4. The Labute approximate surface area is 125 Å². The standard InChI is InChI=1S/C17H23BrO/c1-4-5-6-17(19)16(12-7-13(2)3)14-8-10-15(18)11-9-14/h7-11,16H,4-6,12H2,1-3H3. The van der Waals surface area contributed by atoms with Crippen LogP contribution in [0.4, 0.5) is 0 Å². The molecule has 0 bridgehead atoms. The smallest absolute Gasteiger partial charge is 0.140 e. The van der Waals surface area contributed by atoms with Gasteiger partial charge in [0.25, 0.3) is 0 Å². The molecule has 0 spiro atoms. The molecule has 0 heterocycles. The number of carbonyl (C=O) groups excluding carboxylic acids is 1. The average molecular weight is 323 g/mol. The third-order valence-corrected chi connectivity index (χ3v) is 3.73. The molecule has 104 valence electrons. The van der Waals surface area contributed by atoms with Gasteiger partial charge < -0.3 is 0 Å². The number of unbranched alkanes of at least 4 members (excludes halogenated alkanes) is 1. The van der Waals surface area contributed by atoms with Crippen molar-refractivity contribution >= 4 is 21.7 Å². The highest BCUT2D eigenvalue weighted by Crippen LogP contribution is 2.25. The predicted octanol–water partition coefficient (Wildman–Crippen LogP) is 5.65. The number of halogens is 1. The fourth-order valence-electron chi connectivity index (χ4n) is 2.03. The van der Waals surface area contributed by atoms with Crippen molar-refractivity contribution in [3.05, 3.63) is 46.0 Å². The highest BCUT2D eigenvalue weighted by molar-refractivity contribution is 9.10. The zero-order chi connectivity index (χ0) is 14.3. The Bertz CT molecular complexity index is 427. The molecule has 0 saturated heterocycles. The summed E-state index contributed by atoms with van der Waals surface area (Å²) < 4.78 is 1.05. The third kappa shape index (κ3) is 5.73. The summed E-state index contributed by atoms with van der Waals surface area (Å²) in [5.74, 6) is 0.372. The van der Waals surface area contributed by atoms with Crippen LogP contribution in [0.3, 0.4) is 0 Å². The van der Waals surface area contributed by atoms with Crippen LogP contribution in [0.25, 0.3) is 0 Å². The summed E-state index contributed by atoms with van der Waals surface area (Å²) in [6.07, 6.45) is 5.72. The van der Waals surface area contributed by atoms with Gasteiger partial charge in [-0.1, -0.05) is 53.1 Å². The second-order valence-electron chi connectivity index (χ2n) is 5.19. The Morgan fingerprint density at radius 3 is 2.42 bits per heavy atom. The quantitative estimate of drug-likeness (QED) is 0.593. The molecule has 0 aliphatic heterocycles. The molecule has 0 aliphatic carbocycles. The molecular formula is C17H23BrO. The topological polar surface area (TPSA) is 17.1 Å². The van der Waals surface area contributed by atoms with Gasteiger partial charge in [0.2, 0.25) is 0 Å². The lowest BCUT2D eigenvalue weighted by molar-refractivity contribution is -0.120. The molecule has 0 fully saturated rings. The van der Waals surface area contributed by atoms with Crippen LogP contribution in [-0.2, 0) is 4.79 Å². The van der Waals surface area contributed by atoms with Crippen LogP contribution in [0.1, 0.15) is 57.9 Å². The number of carbonyl (C=O) groups is 1. The highest BCUT2D eigenvalue weighted by Gasteiger charge is 2.18. The van der Waals surface area contributed by atoms with Crippen LogP contribution in [-0.4, -0.2) is 5.78 Å². The molecule has 1 rings (SSSR count). The Morgan fingerprint density at radius 2 is 1.89 bits per heavy atom. The van der Waals surface area contributed by atoms with Crippen LogP contribution in [0.2, 0.25) is 0 Å². The molecule has 0 saturated carbocycles. The highest BCUT2D eigenvalue weighted by atomic mass is 79.9. The van der Waals surface area contributed by atoms with Crippen molar-refractivity contribution < 1.29 is 4.79 Å². The largest absolute Gasteiger partial charge is 0.299 e. The maximum Gasteiger partial charge on any atom is 0.140 e. The number of rotatable bonds is 7. The summed E-state index contributed by atoms with van der Waals surface area (Å²) in [7, 11) is 0. The number of allylic oxidation sites excluding steroid dienone is 2. The van der Waals surface area contributed by atoms with Gasteiger partial charge in [0.15, 0.2) is 0 Å². The Balaban J connectivity index is 2.87. The Morgan fingerprint density at radius 1 is 1.26 bits per heavy atom. The third-order valence-electron chi connectivity index (χ3n) is 3.20. The maximum atomic E-state index is 12.4. The van der Waals surface area contributed by atoms with E-state index >= 15 is 0 Å². The molecule has 1 aromatic carbocycles. The minimum absolute atomic E-state index is 0.00884. The van der Waals surface area contributed by atoms with E-state index in [0.717, 1.165) is 29.3 Å². The van der Waals surface area contributed by atoms with Gasteiger partial charge in [-0.05, 0) is 44.4 Å². The lowest BCUT2D eigenvalue weighted by Crippen LogP contribution is -2.12. The first kappa shape index (κ1) is 16.2. The van der Waals surface area contributed by atoms with E-state index in [1.54, 1.807) is 0 Å². The second kappa shape index (κ2) is 8.31. The molecular weight excluding hydrogens is 300 g/mol. The van der Waals surface area contributed by atoms with E-state index in [1.165, 1.54) is 5.57 Å². The SMILES string of the molecule is CCCCC(=O)C(CC=C(C)C)c1ccc(Br)cc1. The minimum Gasteiger partial charge on any atom is -0.299 e. The van der Waals surface area contributed by atoms with Crippen LogP contribution in [0.5, 0.6) is 0 Å². The number of benzene rings is 1. The van der Waals surface area contributed by atoms with E-state index < -0.39 is 0 Å². The number of hydrogen-bond acceptors (Lipinski definition) is 1. The van der Waals surface area contributed by atoms with E-state index in [0.29, 0.717) is 12.2 Å². The molecule has 0 aliphatic rings. The van der Waals surface area contributed by atoms with Gasteiger partial charge in [0, 0.05) is 16.8 Å². The second-order valence-corrected chi connectivity index (χ2v) is 6.11. The van der Waals surface area contributed by atoms with Gasteiger partial charge in [-0.25, -0.2) is 0 Å². The van der Waals surface area contributed by atoms with E-state index in [-0.39, 0.29) is 5.92 Å². The summed E-state index contributed by atoms with van der Waals surface area (Å²) in [5, 5.41) is 0. The van der Waals surface area contributed by atoms with Gasteiger partial charge in [-0.2, -0.15) is 0 Å². The normalized spacial score (nSPS) is 12.0. The number of hydrogen-bond donors (Lipinski definition) is 0. The van der Waals surface area contributed by atoms with Crippen LogP contribution in [0, 0.1) is 0 Å². The van der Waals surface area contributed by atoms with Crippen molar-refractivity contribution in [2.45, 2.75) is 52.4 Å². The molecule has 1 unspecified atom stereocenters. The van der Waals surface area contributed by atoms with Crippen molar-refractivity contribution in [3.8, 4) is 0 Å². The van der Waals surface area contributed by atoms with Crippen molar-refractivity contribution in [1.29, 1.82) is 0 Å². The Hall–Kier alpha value is -0.890. The van der Waals surface area contributed by atoms with Gasteiger partial charge >= 0.3 is 0 Å². The molecule has 1 nitrogen and oxygen atoms in total. The molecule has 0 amide bonds.